The van der Waals surface area contributed by atoms with Crippen LogP contribution in [0.3, 0.4) is 0 Å². The summed E-state index contributed by atoms with van der Waals surface area (Å²) < 4.78 is 8.11. The molecule has 0 unspecified atom stereocenters. The minimum atomic E-state index is -0.628. The van der Waals surface area contributed by atoms with Crippen LogP contribution in [0.2, 0.25) is 0 Å². The van der Waals surface area contributed by atoms with Crippen molar-refractivity contribution in [3.63, 3.8) is 0 Å². The molecule has 1 amide bonds. The van der Waals surface area contributed by atoms with Crippen molar-refractivity contribution in [2.45, 2.75) is 18.8 Å². The molecule has 2 N–H and O–H groups in total. The molecule has 0 saturated heterocycles. The molecule has 0 atom stereocenters. The second-order valence-corrected chi connectivity index (χ2v) is 5.69. The molecule has 2 heterocycles. The van der Waals surface area contributed by atoms with Crippen LogP contribution in [0.5, 0.6) is 11.6 Å². The number of nitrogens with two attached hydrogens (primary N) is 1. The molecule has 2 aromatic heterocycles. The molecule has 1 fully saturated rings. The second-order valence-electron chi connectivity index (χ2n) is 4.77. The van der Waals surface area contributed by atoms with E-state index in [0.717, 1.165) is 5.69 Å². The standard InChI is InChI=1S/C13H13BrN4O2/c1-18-11(5-9(17-18)7-2-3-7)20-10-4-8(14)6-16-12(10)13(15)19/h4-7H,2-3H2,1H3,(H2,15,19). The molecular formula is C13H13BrN4O2. The Morgan fingerprint density at radius 3 is 2.90 bits per heavy atom. The van der Waals surface area contributed by atoms with Crippen molar-refractivity contribution in [3.05, 3.63) is 34.2 Å². The lowest BCUT2D eigenvalue weighted by atomic mass is 10.3. The van der Waals surface area contributed by atoms with Crippen molar-refractivity contribution in [2.24, 2.45) is 12.8 Å². The lowest BCUT2D eigenvalue weighted by Crippen LogP contribution is -2.14. The van der Waals surface area contributed by atoms with Crippen LogP contribution in [-0.2, 0) is 7.05 Å². The van der Waals surface area contributed by atoms with E-state index in [4.69, 9.17) is 10.5 Å². The number of nitrogens with zero attached hydrogens (tertiary/aromatic N) is 3. The van der Waals surface area contributed by atoms with Crippen molar-refractivity contribution in [1.29, 1.82) is 0 Å². The van der Waals surface area contributed by atoms with Crippen molar-refractivity contribution in [3.8, 4) is 11.6 Å². The third kappa shape index (κ3) is 2.53. The summed E-state index contributed by atoms with van der Waals surface area (Å²) in [4.78, 5) is 15.4. The van der Waals surface area contributed by atoms with E-state index >= 15 is 0 Å². The van der Waals surface area contributed by atoms with Gasteiger partial charge in [0, 0.05) is 29.7 Å². The van der Waals surface area contributed by atoms with Crippen LogP contribution in [-0.4, -0.2) is 20.7 Å². The number of primary amides is 1. The summed E-state index contributed by atoms with van der Waals surface area (Å²) in [5.74, 6) is 0.790. The maximum Gasteiger partial charge on any atom is 0.271 e. The summed E-state index contributed by atoms with van der Waals surface area (Å²) in [6.07, 6.45) is 3.84. The molecule has 0 radical (unpaired) electrons. The van der Waals surface area contributed by atoms with Gasteiger partial charge in [0.25, 0.3) is 5.91 Å². The molecule has 1 aliphatic rings. The van der Waals surface area contributed by atoms with Gasteiger partial charge in [0.2, 0.25) is 5.88 Å². The largest absolute Gasteiger partial charge is 0.437 e. The number of pyridine rings is 1. The summed E-state index contributed by atoms with van der Waals surface area (Å²) >= 11 is 3.30. The minimum absolute atomic E-state index is 0.0994. The van der Waals surface area contributed by atoms with Crippen LogP contribution in [0.1, 0.15) is 34.9 Å². The van der Waals surface area contributed by atoms with E-state index in [-0.39, 0.29) is 5.69 Å². The highest BCUT2D eigenvalue weighted by atomic mass is 79.9. The molecular weight excluding hydrogens is 324 g/mol. The summed E-state index contributed by atoms with van der Waals surface area (Å²) in [5.41, 5.74) is 6.42. The van der Waals surface area contributed by atoms with Gasteiger partial charge in [-0.2, -0.15) is 5.10 Å². The normalized spacial score (nSPS) is 14.3. The Labute approximate surface area is 124 Å². The first kappa shape index (κ1) is 13.1. The Morgan fingerprint density at radius 1 is 1.50 bits per heavy atom. The molecule has 104 valence electrons. The molecule has 1 aliphatic carbocycles. The van der Waals surface area contributed by atoms with Gasteiger partial charge in [0.15, 0.2) is 11.4 Å². The van der Waals surface area contributed by atoms with E-state index in [1.54, 1.807) is 17.8 Å². The fourth-order valence-electron chi connectivity index (χ4n) is 1.94. The Bertz CT molecular complexity index is 679. The Balaban J connectivity index is 1.94. The summed E-state index contributed by atoms with van der Waals surface area (Å²) in [6, 6.07) is 3.56. The molecule has 0 spiro atoms. The molecule has 7 heteroatoms. The Hall–Kier alpha value is -1.89. The number of aryl methyl sites for hydroxylation is 1. The number of hydrogen-bond donors (Lipinski definition) is 1. The zero-order valence-corrected chi connectivity index (χ0v) is 12.4. The van der Waals surface area contributed by atoms with Crippen LogP contribution in [0.15, 0.2) is 22.8 Å². The molecule has 0 bridgehead atoms. The average Bonchev–Trinajstić information content (AvgIpc) is 3.16. The lowest BCUT2D eigenvalue weighted by Gasteiger charge is -2.08. The van der Waals surface area contributed by atoms with Crippen molar-refractivity contribution in [2.75, 3.05) is 0 Å². The zero-order valence-electron chi connectivity index (χ0n) is 10.8. The number of carbonyl (C=O) groups is 1. The number of rotatable bonds is 4. The zero-order chi connectivity index (χ0) is 14.3. The Kier molecular flexibility index (Phi) is 3.21. The van der Waals surface area contributed by atoms with E-state index in [1.807, 2.05) is 6.07 Å². The number of aromatic nitrogens is 3. The number of carbonyl (C=O) groups excluding carboxylic acids is 1. The van der Waals surface area contributed by atoms with E-state index in [9.17, 15) is 4.79 Å². The van der Waals surface area contributed by atoms with E-state index in [1.165, 1.54) is 19.0 Å². The predicted molar refractivity (Wildman–Crippen MR) is 75.7 cm³/mol. The van der Waals surface area contributed by atoms with E-state index in [2.05, 4.69) is 26.0 Å². The van der Waals surface area contributed by atoms with Gasteiger partial charge < -0.3 is 10.5 Å². The fourth-order valence-corrected chi connectivity index (χ4v) is 2.25. The number of hydrogen-bond acceptors (Lipinski definition) is 4. The molecule has 20 heavy (non-hydrogen) atoms. The third-order valence-electron chi connectivity index (χ3n) is 3.12. The third-order valence-corrected chi connectivity index (χ3v) is 3.55. The van der Waals surface area contributed by atoms with Crippen molar-refractivity contribution < 1.29 is 9.53 Å². The van der Waals surface area contributed by atoms with Gasteiger partial charge in [0.05, 0.1) is 5.69 Å². The van der Waals surface area contributed by atoms with Crippen LogP contribution in [0, 0.1) is 0 Å². The quantitative estimate of drug-likeness (QED) is 0.928. The monoisotopic (exact) mass is 336 g/mol. The number of amides is 1. The highest BCUT2D eigenvalue weighted by Gasteiger charge is 2.27. The summed E-state index contributed by atoms with van der Waals surface area (Å²) in [6.45, 7) is 0. The average molecular weight is 337 g/mol. The summed E-state index contributed by atoms with van der Waals surface area (Å²) in [7, 11) is 1.80. The van der Waals surface area contributed by atoms with Gasteiger partial charge in [-0.05, 0) is 34.8 Å². The van der Waals surface area contributed by atoms with Crippen LogP contribution >= 0.6 is 15.9 Å². The van der Waals surface area contributed by atoms with Crippen molar-refractivity contribution >= 4 is 21.8 Å². The maximum absolute atomic E-state index is 11.4. The molecule has 0 aliphatic heterocycles. The van der Waals surface area contributed by atoms with Gasteiger partial charge >= 0.3 is 0 Å². The van der Waals surface area contributed by atoms with Crippen molar-refractivity contribution in [1.82, 2.24) is 14.8 Å². The maximum atomic E-state index is 11.4. The van der Waals surface area contributed by atoms with Gasteiger partial charge in [-0.1, -0.05) is 0 Å². The minimum Gasteiger partial charge on any atom is -0.437 e. The van der Waals surface area contributed by atoms with Gasteiger partial charge in [-0.25, -0.2) is 9.67 Å². The highest BCUT2D eigenvalue weighted by molar-refractivity contribution is 9.10. The van der Waals surface area contributed by atoms with Gasteiger partial charge in [-0.15, -0.1) is 0 Å². The van der Waals surface area contributed by atoms with Crippen LogP contribution < -0.4 is 10.5 Å². The first-order valence-electron chi connectivity index (χ1n) is 6.21. The smallest absolute Gasteiger partial charge is 0.271 e. The SMILES string of the molecule is Cn1nc(C2CC2)cc1Oc1cc(Br)cnc1C(N)=O. The first-order chi connectivity index (χ1) is 9.54. The first-order valence-corrected chi connectivity index (χ1v) is 7.01. The fraction of sp³-hybridized carbons (Fsp3) is 0.308. The molecule has 3 rings (SSSR count). The Morgan fingerprint density at radius 2 is 2.25 bits per heavy atom. The lowest BCUT2D eigenvalue weighted by molar-refractivity contribution is 0.0993. The number of halogens is 1. The van der Waals surface area contributed by atoms with Crippen LogP contribution in [0.4, 0.5) is 0 Å². The molecule has 6 nitrogen and oxygen atoms in total. The highest BCUT2D eigenvalue weighted by Crippen LogP contribution is 2.40. The molecule has 2 aromatic rings. The predicted octanol–water partition coefficient (Wildman–Crippen LogP) is 2.35. The topological polar surface area (TPSA) is 83.0 Å². The van der Waals surface area contributed by atoms with Gasteiger partial charge in [-0.3, -0.25) is 4.79 Å². The van der Waals surface area contributed by atoms with Crippen LogP contribution in [0.25, 0.3) is 0 Å². The van der Waals surface area contributed by atoms with E-state index in [0.29, 0.717) is 22.0 Å². The van der Waals surface area contributed by atoms with E-state index < -0.39 is 5.91 Å². The molecule has 1 saturated carbocycles. The van der Waals surface area contributed by atoms with Gasteiger partial charge in [0.1, 0.15) is 0 Å². The summed E-state index contributed by atoms with van der Waals surface area (Å²) in [5, 5.41) is 4.41. The molecule has 0 aromatic carbocycles. The number of ether oxygens (including phenoxy) is 1. The second kappa shape index (κ2) is 4.90.